The molecule has 2 unspecified atom stereocenters. The number of carbonyl (C=O) groups is 1. The number of carbonyl (C=O) groups excluding carboxylic acids is 1. The van der Waals surface area contributed by atoms with Crippen molar-refractivity contribution in [2.45, 2.75) is 257 Å². The summed E-state index contributed by atoms with van der Waals surface area (Å²) in [5.74, 6) is -0.0897. The number of allylic oxidation sites excluding steroid dienone is 11. The van der Waals surface area contributed by atoms with E-state index >= 15 is 0 Å². The van der Waals surface area contributed by atoms with Crippen LogP contribution in [-0.2, 0) is 4.79 Å². The molecule has 4 heteroatoms. The first kappa shape index (κ1) is 55.8. The molecule has 0 bridgehead atoms. The van der Waals surface area contributed by atoms with E-state index in [1.807, 2.05) is 6.08 Å². The maximum Gasteiger partial charge on any atom is 0.220 e. The Morgan fingerprint density at radius 1 is 0.431 bits per heavy atom. The standard InChI is InChI=1S/C54H97NO3/c1-3-5-7-9-11-13-15-17-19-21-22-23-24-25-26-27-28-29-30-31-32-34-35-37-39-41-43-45-47-49-53(57)52(51-56)55-54(58)50-48-46-44-42-40-38-36-33-20-18-16-14-12-10-8-6-4-2/h6,8,12,14,18,20,32,34,39,41,47,49,52-53,56-57H,3-5,7,9-11,13,15-17,19,21-31,33,35-38,40,42-46,48,50-51H2,1-2H3,(H,55,58)/b8-6-,14-12-,20-18-,34-32+,41-39+,49-47+. The van der Waals surface area contributed by atoms with Crippen LogP contribution >= 0.6 is 0 Å². The maximum atomic E-state index is 12.4. The summed E-state index contributed by atoms with van der Waals surface area (Å²) in [5, 5.41) is 23.0. The second kappa shape index (κ2) is 49.2. The molecule has 0 spiro atoms. The van der Waals surface area contributed by atoms with Crippen LogP contribution in [0.1, 0.15) is 245 Å². The highest BCUT2D eigenvalue weighted by Crippen LogP contribution is 2.15. The SMILES string of the molecule is CC/C=C\C/C=C\C/C=C\CCCCCCCCCC(=O)NC(CO)C(O)/C=C/CC/C=C/CC/C=C/CCCCCCCCCCCCCCCCCCCCC. The van der Waals surface area contributed by atoms with Crippen LogP contribution in [0.15, 0.2) is 72.9 Å². The van der Waals surface area contributed by atoms with Gasteiger partial charge >= 0.3 is 0 Å². The lowest BCUT2D eigenvalue weighted by molar-refractivity contribution is -0.123. The van der Waals surface area contributed by atoms with Crippen LogP contribution in [0.25, 0.3) is 0 Å². The minimum absolute atomic E-state index is 0.0897. The molecule has 0 aliphatic rings. The van der Waals surface area contributed by atoms with E-state index in [-0.39, 0.29) is 12.5 Å². The fourth-order valence-corrected chi connectivity index (χ4v) is 7.34. The molecule has 0 saturated carbocycles. The molecular formula is C54H97NO3. The first-order chi connectivity index (χ1) is 28.7. The Balaban J connectivity index is 3.60. The van der Waals surface area contributed by atoms with Gasteiger partial charge in [0.2, 0.25) is 5.91 Å². The largest absolute Gasteiger partial charge is 0.394 e. The van der Waals surface area contributed by atoms with Gasteiger partial charge in [-0.2, -0.15) is 0 Å². The molecule has 2 atom stereocenters. The Bertz CT molecular complexity index is 1010. The van der Waals surface area contributed by atoms with Crippen LogP contribution in [0.5, 0.6) is 0 Å². The van der Waals surface area contributed by atoms with Gasteiger partial charge in [-0.05, 0) is 77.0 Å². The molecule has 0 fully saturated rings. The minimum atomic E-state index is -0.878. The van der Waals surface area contributed by atoms with Crippen molar-refractivity contribution in [2.75, 3.05) is 6.61 Å². The van der Waals surface area contributed by atoms with Gasteiger partial charge < -0.3 is 15.5 Å². The summed E-state index contributed by atoms with van der Waals surface area (Å²) < 4.78 is 0. The number of amides is 1. The van der Waals surface area contributed by atoms with E-state index in [9.17, 15) is 15.0 Å². The van der Waals surface area contributed by atoms with Gasteiger partial charge in [-0.15, -0.1) is 0 Å². The molecule has 4 nitrogen and oxygen atoms in total. The molecule has 1 amide bonds. The Hall–Kier alpha value is -2.17. The van der Waals surface area contributed by atoms with Crippen LogP contribution in [0.2, 0.25) is 0 Å². The van der Waals surface area contributed by atoms with E-state index in [4.69, 9.17) is 0 Å². The van der Waals surface area contributed by atoms with Crippen LogP contribution in [0.3, 0.4) is 0 Å². The van der Waals surface area contributed by atoms with E-state index in [1.54, 1.807) is 6.08 Å². The number of hydrogen-bond acceptors (Lipinski definition) is 3. The monoisotopic (exact) mass is 808 g/mol. The molecule has 0 aromatic rings. The molecule has 0 saturated heterocycles. The number of rotatable bonds is 45. The van der Waals surface area contributed by atoms with Crippen molar-refractivity contribution >= 4 is 5.91 Å². The first-order valence-corrected chi connectivity index (χ1v) is 25.2. The van der Waals surface area contributed by atoms with E-state index in [2.05, 4.69) is 79.9 Å². The lowest BCUT2D eigenvalue weighted by Crippen LogP contribution is -2.45. The summed E-state index contributed by atoms with van der Waals surface area (Å²) in [4.78, 5) is 12.4. The highest BCUT2D eigenvalue weighted by molar-refractivity contribution is 5.76. The third kappa shape index (κ3) is 44.9. The third-order valence-electron chi connectivity index (χ3n) is 11.2. The van der Waals surface area contributed by atoms with Crippen molar-refractivity contribution in [1.29, 1.82) is 0 Å². The summed E-state index contributed by atoms with van der Waals surface area (Å²) in [6.07, 6.45) is 70.4. The highest BCUT2D eigenvalue weighted by atomic mass is 16.3. The van der Waals surface area contributed by atoms with Crippen LogP contribution in [0, 0.1) is 0 Å². The molecule has 336 valence electrons. The lowest BCUT2D eigenvalue weighted by atomic mass is 10.0. The van der Waals surface area contributed by atoms with Gasteiger partial charge in [-0.1, -0.05) is 234 Å². The van der Waals surface area contributed by atoms with Gasteiger partial charge in [-0.3, -0.25) is 4.79 Å². The zero-order chi connectivity index (χ0) is 42.1. The van der Waals surface area contributed by atoms with Gasteiger partial charge in [0.25, 0.3) is 0 Å². The predicted octanol–water partition coefficient (Wildman–Crippen LogP) is 16.2. The van der Waals surface area contributed by atoms with Crippen molar-refractivity contribution < 1.29 is 15.0 Å². The molecule has 0 aliphatic heterocycles. The summed E-state index contributed by atoms with van der Waals surface area (Å²) in [7, 11) is 0. The highest BCUT2D eigenvalue weighted by Gasteiger charge is 2.17. The van der Waals surface area contributed by atoms with Gasteiger partial charge in [0.05, 0.1) is 18.8 Å². The molecule has 0 rings (SSSR count). The van der Waals surface area contributed by atoms with E-state index < -0.39 is 12.1 Å². The molecule has 0 radical (unpaired) electrons. The van der Waals surface area contributed by atoms with Gasteiger partial charge in [-0.25, -0.2) is 0 Å². The third-order valence-corrected chi connectivity index (χ3v) is 11.2. The summed E-state index contributed by atoms with van der Waals surface area (Å²) >= 11 is 0. The number of nitrogens with one attached hydrogen (secondary N) is 1. The van der Waals surface area contributed by atoms with Crippen LogP contribution < -0.4 is 5.32 Å². The zero-order valence-corrected chi connectivity index (χ0v) is 38.5. The van der Waals surface area contributed by atoms with Crippen molar-refractivity contribution in [1.82, 2.24) is 5.32 Å². The van der Waals surface area contributed by atoms with Crippen molar-refractivity contribution in [3.63, 3.8) is 0 Å². The van der Waals surface area contributed by atoms with E-state index in [0.717, 1.165) is 70.6 Å². The summed E-state index contributed by atoms with van der Waals surface area (Å²) in [6.45, 7) is 4.19. The molecule has 0 aromatic carbocycles. The second-order valence-electron chi connectivity index (χ2n) is 16.8. The number of aliphatic hydroxyl groups excluding tert-OH is 2. The van der Waals surface area contributed by atoms with Gasteiger partial charge in [0.15, 0.2) is 0 Å². The van der Waals surface area contributed by atoms with Gasteiger partial charge in [0, 0.05) is 6.42 Å². The predicted molar refractivity (Wildman–Crippen MR) is 257 cm³/mol. The molecule has 0 aromatic heterocycles. The average Bonchev–Trinajstić information content (AvgIpc) is 3.23. The average molecular weight is 808 g/mol. The van der Waals surface area contributed by atoms with Crippen molar-refractivity contribution in [3.05, 3.63) is 72.9 Å². The Labute approximate surface area is 361 Å². The normalized spacial score (nSPS) is 13.5. The summed E-state index contributed by atoms with van der Waals surface area (Å²) in [5.41, 5.74) is 0. The maximum absolute atomic E-state index is 12.4. The number of aliphatic hydroxyl groups is 2. The molecule has 3 N–H and O–H groups in total. The Morgan fingerprint density at radius 3 is 1.21 bits per heavy atom. The topological polar surface area (TPSA) is 69.6 Å². The first-order valence-electron chi connectivity index (χ1n) is 25.2. The van der Waals surface area contributed by atoms with E-state index in [0.29, 0.717) is 6.42 Å². The molecule has 0 heterocycles. The van der Waals surface area contributed by atoms with Crippen molar-refractivity contribution in [2.24, 2.45) is 0 Å². The van der Waals surface area contributed by atoms with Crippen molar-refractivity contribution in [3.8, 4) is 0 Å². The quantitative estimate of drug-likeness (QED) is 0.0424. The minimum Gasteiger partial charge on any atom is -0.394 e. The zero-order valence-electron chi connectivity index (χ0n) is 38.5. The molecular weight excluding hydrogens is 711 g/mol. The second-order valence-corrected chi connectivity index (χ2v) is 16.8. The van der Waals surface area contributed by atoms with Crippen LogP contribution in [-0.4, -0.2) is 34.9 Å². The fourth-order valence-electron chi connectivity index (χ4n) is 7.34. The fraction of sp³-hybridized carbons (Fsp3) is 0.759. The van der Waals surface area contributed by atoms with E-state index in [1.165, 1.54) is 154 Å². The smallest absolute Gasteiger partial charge is 0.220 e. The molecule has 58 heavy (non-hydrogen) atoms. The number of hydrogen-bond donors (Lipinski definition) is 3. The van der Waals surface area contributed by atoms with Gasteiger partial charge in [0.1, 0.15) is 0 Å². The van der Waals surface area contributed by atoms with Crippen LogP contribution in [0.4, 0.5) is 0 Å². The Kier molecular flexibility index (Phi) is 47.4. The lowest BCUT2D eigenvalue weighted by Gasteiger charge is -2.19. The molecule has 0 aliphatic carbocycles. The Morgan fingerprint density at radius 2 is 0.776 bits per heavy atom. The number of unbranched alkanes of at least 4 members (excludes halogenated alkanes) is 28. The summed E-state index contributed by atoms with van der Waals surface area (Å²) in [6, 6.07) is -0.655.